The summed E-state index contributed by atoms with van der Waals surface area (Å²) in [5, 5.41) is 12.4. The van der Waals surface area contributed by atoms with Gasteiger partial charge in [0.05, 0.1) is 17.1 Å². The summed E-state index contributed by atoms with van der Waals surface area (Å²) >= 11 is 0. The average Bonchev–Trinajstić information content (AvgIpc) is 2.96. The van der Waals surface area contributed by atoms with Crippen LogP contribution in [-0.2, 0) is 0 Å². The van der Waals surface area contributed by atoms with Gasteiger partial charge in [-0.1, -0.05) is 18.2 Å². The molecular formula is C16H9N3. The third kappa shape index (κ3) is 1.28. The van der Waals surface area contributed by atoms with Gasteiger partial charge in [-0.2, -0.15) is 5.26 Å². The number of fused-ring (bicyclic) bond motifs is 6. The molecule has 4 aromatic rings. The first-order valence-electron chi connectivity index (χ1n) is 6.06. The lowest BCUT2D eigenvalue weighted by atomic mass is 10.0. The highest BCUT2D eigenvalue weighted by Crippen LogP contribution is 2.29. The van der Waals surface area contributed by atoms with E-state index in [1.165, 1.54) is 0 Å². The molecule has 19 heavy (non-hydrogen) atoms. The van der Waals surface area contributed by atoms with Crippen molar-refractivity contribution >= 4 is 27.3 Å². The molecule has 0 saturated carbocycles. The molecule has 0 aliphatic rings. The minimum Gasteiger partial charge on any atom is -0.299 e. The maximum atomic E-state index is 9.07. The summed E-state index contributed by atoms with van der Waals surface area (Å²) in [5.74, 6) is 0. The van der Waals surface area contributed by atoms with Gasteiger partial charge in [0.15, 0.2) is 0 Å². The molecule has 0 saturated heterocycles. The number of nitriles is 1. The van der Waals surface area contributed by atoms with Gasteiger partial charge in [0, 0.05) is 23.2 Å². The molecule has 2 heterocycles. The Labute approximate surface area is 109 Å². The molecule has 0 aliphatic carbocycles. The first-order valence-corrected chi connectivity index (χ1v) is 6.06. The van der Waals surface area contributed by atoms with Crippen molar-refractivity contribution in [1.29, 1.82) is 5.26 Å². The van der Waals surface area contributed by atoms with Crippen LogP contribution in [0.15, 0.2) is 54.9 Å². The van der Waals surface area contributed by atoms with Crippen LogP contribution in [0.4, 0.5) is 0 Å². The molecule has 0 spiro atoms. The Bertz CT molecular complexity index is 974. The Kier molecular flexibility index (Phi) is 1.89. The monoisotopic (exact) mass is 243 g/mol. The zero-order valence-electron chi connectivity index (χ0n) is 10.0. The lowest BCUT2D eigenvalue weighted by molar-refractivity contribution is 1.27. The highest BCUT2D eigenvalue weighted by Gasteiger charge is 2.09. The summed E-state index contributed by atoms with van der Waals surface area (Å²) in [6, 6.07) is 16.1. The number of nitrogens with zero attached hydrogens (tertiary/aromatic N) is 3. The lowest BCUT2D eigenvalue weighted by Gasteiger charge is -2.08. The lowest BCUT2D eigenvalue weighted by Crippen LogP contribution is -1.90. The maximum absolute atomic E-state index is 9.07. The fourth-order valence-electron chi connectivity index (χ4n) is 2.64. The van der Waals surface area contributed by atoms with Gasteiger partial charge in [0.1, 0.15) is 5.65 Å². The maximum Gasteiger partial charge on any atom is 0.145 e. The topological polar surface area (TPSA) is 41.1 Å². The van der Waals surface area contributed by atoms with Crippen LogP contribution in [0.2, 0.25) is 0 Å². The van der Waals surface area contributed by atoms with Gasteiger partial charge in [-0.05, 0) is 29.7 Å². The number of imidazole rings is 1. The van der Waals surface area contributed by atoms with Crippen molar-refractivity contribution in [3.05, 3.63) is 60.4 Å². The second-order valence-corrected chi connectivity index (χ2v) is 4.51. The van der Waals surface area contributed by atoms with Crippen LogP contribution in [0.3, 0.4) is 0 Å². The number of benzene rings is 2. The Balaban J connectivity index is 2.39. The van der Waals surface area contributed by atoms with Gasteiger partial charge in [-0.15, -0.1) is 0 Å². The molecule has 0 amide bonds. The summed E-state index contributed by atoms with van der Waals surface area (Å²) in [4.78, 5) is 4.43. The number of hydrogen-bond donors (Lipinski definition) is 0. The van der Waals surface area contributed by atoms with E-state index in [0.717, 1.165) is 27.3 Å². The van der Waals surface area contributed by atoms with E-state index < -0.39 is 0 Å². The Morgan fingerprint density at radius 1 is 1.00 bits per heavy atom. The molecule has 88 valence electrons. The van der Waals surface area contributed by atoms with E-state index in [9.17, 15) is 0 Å². The third-order valence-electron chi connectivity index (χ3n) is 3.48. The number of pyridine rings is 1. The van der Waals surface area contributed by atoms with E-state index in [2.05, 4.69) is 27.6 Å². The minimum atomic E-state index is 0.675. The van der Waals surface area contributed by atoms with E-state index in [0.29, 0.717) is 5.56 Å². The highest BCUT2D eigenvalue weighted by atomic mass is 15.0. The molecule has 0 atom stereocenters. The quantitative estimate of drug-likeness (QED) is 0.443. The van der Waals surface area contributed by atoms with Crippen molar-refractivity contribution in [3.63, 3.8) is 0 Å². The fraction of sp³-hybridized carbons (Fsp3) is 0. The summed E-state index contributed by atoms with van der Waals surface area (Å²) in [6.45, 7) is 0. The Morgan fingerprint density at radius 2 is 1.89 bits per heavy atom. The Morgan fingerprint density at radius 3 is 2.79 bits per heavy atom. The number of para-hydroxylation sites is 1. The zero-order chi connectivity index (χ0) is 12.8. The minimum absolute atomic E-state index is 0.675. The van der Waals surface area contributed by atoms with Gasteiger partial charge in [-0.3, -0.25) is 4.40 Å². The van der Waals surface area contributed by atoms with Crippen LogP contribution < -0.4 is 0 Å². The molecule has 3 heteroatoms. The van der Waals surface area contributed by atoms with Gasteiger partial charge in [-0.25, -0.2) is 4.98 Å². The first-order chi connectivity index (χ1) is 9.38. The van der Waals surface area contributed by atoms with E-state index in [-0.39, 0.29) is 0 Å². The predicted octanol–water partition coefficient (Wildman–Crippen LogP) is 3.51. The van der Waals surface area contributed by atoms with Crippen LogP contribution in [-0.4, -0.2) is 9.38 Å². The van der Waals surface area contributed by atoms with Gasteiger partial charge in [0.25, 0.3) is 0 Å². The van der Waals surface area contributed by atoms with Crippen molar-refractivity contribution in [2.45, 2.75) is 0 Å². The van der Waals surface area contributed by atoms with Crippen molar-refractivity contribution in [3.8, 4) is 6.07 Å². The smallest absolute Gasteiger partial charge is 0.145 e. The summed E-state index contributed by atoms with van der Waals surface area (Å²) in [5.41, 5.74) is 2.71. The van der Waals surface area contributed by atoms with Crippen LogP contribution in [0, 0.1) is 11.3 Å². The second-order valence-electron chi connectivity index (χ2n) is 4.51. The highest BCUT2D eigenvalue weighted by molar-refractivity contribution is 6.11. The average molecular weight is 243 g/mol. The van der Waals surface area contributed by atoms with Crippen molar-refractivity contribution < 1.29 is 0 Å². The van der Waals surface area contributed by atoms with Crippen LogP contribution >= 0.6 is 0 Å². The summed E-state index contributed by atoms with van der Waals surface area (Å²) in [7, 11) is 0. The molecule has 2 aromatic heterocycles. The SMILES string of the molecule is N#Cc1ccc2c(c1)c1ccccc1n1ccnc21. The van der Waals surface area contributed by atoms with Crippen LogP contribution in [0.1, 0.15) is 5.56 Å². The number of rotatable bonds is 0. The molecule has 0 bridgehead atoms. The largest absolute Gasteiger partial charge is 0.299 e. The van der Waals surface area contributed by atoms with Gasteiger partial charge >= 0.3 is 0 Å². The summed E-state index contributed by atoms with van der Waals surface area (Å²) < 4.78 is 2.09. The van der Waals surface area contributed by atoms with E-state index in [1.54, 1.807) is 6.20 Å². The normalized spacial score (nSPS) is 11.1. The van der Waals surface area contributed by atoms with Gasteiger partial charge < -0.3 is 0 Å². The van der Waals surface area contributed by atoms with Crippen molar-refractivity contribution in [2.24, 2.45) is 0 Å². The third-order valence-corrected chi connectivity index (χ3v) is 3.48. The van der Waals surface area contributed by atoms with Crippen LogP contribution in [0.5, 0.6) is 0 Å². The first kappa shape index (κ1) is 10.1. The van der Waals surface area contributed by atoms with Crippen molar-refractivity contribution in [1.82, 2.24) is 9.38 Å². The van der Waals surface area contributed by atoms with E-state index in [4.69, 9.17) is 5.26 Å². The molecule has 0 unspecified atom stereocenters. The standard InChI is InChI=1S/C16H9N3/c17-10-11-5-6-13-14(9-11)12-3-1-2-4-15(12)19-8-7-18-16(13)19/h1-9H. The summed E-state index contributed by atoms with van der Waals surface area (Å²) in [6.07, 6.45) is 3.77. The fourth-order valence-corrected chi connectivity index (χ4v) is 2.64. The molecule has 0 aliphatic heterocycles. The van der Waals surface area contributed by atoms with E-state index >= 15 is 0 Å². The molecule has 0 radical (unpaired) electrons. The number of hydrogen-bond acceptors (Lipinski definition) is 2. The van der Waals surface area contributed by atoms with E-state index in [1.807, 2.05) is 36.5 Å². The predicted molar refractivity (Wildman–Crippen MR) is 74.9 cm³/mol. The second kappa shape index (κ2) is 3.56. The number of aromatic nitrogens is 2. The molecule has 0 N–H and O–H groups in total. The van der Waals surface area contributed by atoms with Crippen LogP contribution in [0.25, 0.3) is 27.3 Å². The molecule has 4 rings (SSSR count). The molecular weight excluding hydrogens is 234 g/mol. The Hall–Kier alpha value is -2.86. The zero-order valence-corrected chi connectivity index (χ0v) is 10.0. The van der Waals surface area contributed by atoms with Crippen molar-refractivity contribution in [2.75, 3.05) is 0 Å². The molecule has 3 nitrogen and oxygen atoms in total. The van der Waals surface area contributed by atoms with Gasteiger partial charge in [0.2, 0.25) is 0 Å². The molecule has 0 fully saturated rings. The molecule has 2 aromatic carbocycles.